The molecule has 0 atom stereocenters. The summed E-state index contributed by atoms with van der Waals surface area (Å²) in [7, 11) is 1.57. The second-order valence-electron chi connectivity index (χ2n) is 5.75. The molecule has 132 valence electrons. The minimum atomic E-state index is -0.422. The summed E-state index contributed by atoms with van der Waals surface area (Å²) in [5.74, 6) is 1.03. The van der Waals surface area contributed by atoms with Crippen molar-refractivity contribution in [3.05, 3.63) is 40.7 Å². The van der Waals surface area contributed by atoms with Crippen molar-refractivity contribution in [3.8, 4) is 5.88 Å². The fourth-order valence-electron chi connectivity index (χ4n) is 2.68. The smallest absolute Gasteiger partial charge is 0.347 e. The van der Waals surface area contributed by atoms with Crippen LogP contribution in [0.5, 0.6) is 5.88 Å². The number of anilines is 1. The lowest BCUT2D eigenvalue weighted by atomic mass is 10.3. The van der Waals surface area contributed by atoms with Gasteiger partial charge < -0.3 is 14.5 Å². The van der Waals surface area contributed by atoms with E-state index in [0.717, 1.165) is 5.69 Å². The molecule has 2 aromatic heterocycles. The monoisotopic (exact) mass is 344 g/mol. The average molecular weight is 344 g/mol. The van der Waals surface area contributed by atoms with Crippen molar-refractivity contribution < 1.29 is 9.53 Å². The molecule has 3 rings (SSSR count). The average Bonchev–Trinajstić information content (AvgIpc) is 2.63. The molecule has 1 aliphatic heterocycles. The van der Waals surface area contributed by atoms with Crippen molar-refractivity contribution in [1.29, 1.82) is 0 Å². The molecule has 2 aromatic rings. The van der Waals surface area contributed by atoms with Gasteiger partial charge in [-0.05, 0) is 13.0 Å². The van der Waals surface area contributed by atoms with Crippen molar-refractivity contribution in [2.45, 2.75) is 13.5 Å². The molecular weight excluding hydrogens is 324 g/mol. The van der Waals surface area contributed by atoms with Crippen LogP contribution in [0.2, 0.25) is 0 Å². The van der Waals surface area contributed by atoms with Crippen LogP contribution in [-0.4, -0.2) is 63.6 Å². The number of rotatable bonds is 4. The number of nitrogens with zero attached hydrogens (tertiary/aromatic N) is 6. The number of aromatic nitrogens is 4. The molecule has 0 radical (unpaired) electrons. The molecule has 1 fully saturated rings. The van der Waals surface area contributed by atoms with E-state index in [0.29, 0.717) is 38.0 Å². The third-order valence-corrected chi connectivity index (χ3v) is 4.03. The molecule has 3 heterocycles. The maximum atomic E-state index is 12.4. The summed E-state index contributed by atoms with van der Waals surface area (Å²) in [4.78, 5) is 40.2. The quantitative estimate of drug-likeness (QED) is 0.751. The van der Waals surface area contributed by atoms with E-state index in [4.69, 9.17) is 4.74 Å². The van der Waals surface area contributed by atoms with Gasteiger partial charge in [-0.15, -0.1) is 0 Å². The van der Waals surface area contributed by atoms with E-state index in [-0.39, 0.29) is 12.5 Å². The number of amides is 1. The van der Waals surface area contributed by atoms with Gasteiger partial charge in [0.25, 0.3) is 0 Å². The minimum absolute atomic E-state index is 0.00143. The summed E-state index contributed by atoms with van der Waals surface area (Å²) in [5, 5.41) is 0. The highest BCUT2D eigenvalue weighted by Crippen LogP contribution is 2.16. The molecule has 1 aliphatic rings. The van der Waals surface area contributed by atoms with E-state index < -0.39 is 5.69 Å². The van der Waals surface area contributed by atoms with Gasteiger partial charge in [-0.3, -0.25) is 9.36 Å². The number of methoxy groups -OCH3 is 1. The van der Waals surface area contributed by atoms with E-state index >= 15 is 0 Å². The molecule has 0 saturated carbocycles. The standard InChI is InChI=1S/C16H20N6O3/c1-12-10-13(25-2)19-15(18-12)21-8-6-20(7-9-21)14(23)11-22-5-3-4-17-16(22)24/h3-5,10H,6-9,11H2,1-2H3. The number of aryl methyl sites for hydroxylation is 1. The van der Waals surface area contributed by atoms with Crippen molar-refractivity contribution in [2.75, 3.05) is 38.2 Å². The fourth-order valence-corrected chi connectivity index (χ4v) is 2.68. The van der Waals surface area contributed by atoms with E-state index in [1.807, 2.05) is 11.8 Å². The molecule has 1 amide bonds. The number of piperazine rings is 1. The van der Waals surface area contributed by atoms with Gasteiger partial charge in [0.2, 0.25) is 17.7 Å². The van der Waals surface area contributed by atoms with Crippen molar-refractivity contribution >= 4 is 11.9 Å². The van der Waals surface area contributed by atoms with Gasteiger partial charge in [0.1, 0.15) is 6.54 Å². The first-order valence-corrected chi connectivity index (χ1v) is 8.00. The summed E-state index contributed by atoms with van der Waals surface area (Å²) in [5.41, 5.74) is 0.408. The van der Waals surface area contributed by atoms with Crippen LogP contribution in [0.25, 0.3) is 0 Å². The SMILES string of the molecule is COc1cc(C)nc(N2CCN(C(=O)Cn3cccnc3=O)CC2)n1. The maximum absolute atomic E-state index is 12.4. The Morgan fingerprint density at radius 1 is 1.24 bits per heavy atom. The molecule has 1 saturated heterocycles. The topological polar surface area (TPSA) is 93.5 Å². The van der Waals surface area contributed by atoms with Crippen LogP contribution in [0.15, 0.2) is 29.3 Å². The Balaban J connectivity index is 1.62. The van der Waals surface area contributed by atoms with Crippen LogP contribution in [0, 0.1) is 6.92 Å². The molecule has 9 nitrogen and oxygen atoms in total. The molecule has 0 aromatic carbocycles. The highest BCUT2D eigenvalue weighted by molar-refractivity contribution is 5.76. The predicted octanol–water partition coefficient (Wildman–Crippen LogP) is -0.301. The molecule has 9 heteroatoms. The Hall–Kier alpha value is -2.97. The first-order valence-electron chi connectivity index (χ1n) is 8.00. The number of hydrogen-bond donors (Lipinski definition) is 0. The number of hydrogen-bond acceptors (Lipinski definition) is 7. The zero-order valence-corrected chi connectivity index (χ0v) is 14.3. The molecule has 0 N–H and O–H groups in total. The van der Waals surface area contributed by atoms with Crippen LogP contribution >= 0.6 is 0 Å². The molecule has 0 unspecified atom stereocenters. The number of carbonyl (C=O) groups is 1. The van der Waals surface area contributed by atoms with Gasteiger partial charge in [0.15, 0.2) is 0 Å². The maximum Gasteiger partial charge on any atom is 0.347 e. The van der Waals surface area contributed by atoms with Crippen LogP contribution in [-0.2, 0) is 11.3 Å². The third-order valence-electron chi connectivity index (χ3n) is 4.03. The minimum Gasteiger partial charge on any atom is -0.481 e. The summed E-state index contributed by atoms with van der Waals surface area (Å²) in [6, 6.07) is 3.41. The van der Waals surface area contributed by atoms with Crippen molar-refractivity contribution in [2.24, 2.45) is 0 Å². The van der Waals surface area contributed by atoms with Gasteiger partial charge in [0.05, 0.1) is 7.11 Å². The second kappa shape index (κ2) is 7.29. The van der Waals surface area contributed by atoms with E-state index in [9.17, 15) is 9.59 Å². The molecule has 0 spiro atoms. The first kappa shape index (κ1) is 16.9. The predicted molar refractivity (Wildman–Crippen MR) is 90.6 cm³/mol. The van der Waals surface area contributed by atoms with E-state index in [1.165, 1.54) is 10.8 Å². The van der Waals surface area contributed by atoms with Crippen molar-refractivity contribution in [3.63, 3.8) is 0 Å². The van der Waals surface area contributed by atoms with Crippen LogP contribution in [0.1, 0.15) is 5.69 Å². The Labute approximate surface area is 144 Å². The lowest BCUT2D eigenvalue weighted by Crippen LogP contribution is -2.50. The second-order valence-corrected chi connectivity index (χ2v) is 5.75. The van der Waals surface area contributed by atoms with Gasteiger partial charge in [-0.25, -0.2) is 14.8 Å². The van der Waals surface area contributed by atoms with Gasteiger partial charge in [0, 0.05) is 50.3 Å². The number of ether oxygens (including phenoxy) is 1. The Bertz CT molecular complexity index is 814. The van der Waals surface area contributed by atoms with Crippen LogP contribution in [0.4, 0.5) is 5.95 Å². The van der Waals surface area contributed by atoms with Gasteiger partial charge in [-0.2, -0.15) is 4.98 Å². The molecular formula is C16H20N6O3. The van der Waals surface area contributed by atoms with Gasteiger partial charge in [-0.1, -0.05) is 0 Å². The largest absolute Gasteiger partial charge is 0.481 e. The van der Waals surface area contributed by atoms with E-state index in [2.05, 4.69) is 15.0 Å². The fraction of sp³-hybridized carbons (Fsp3) is 0.438. The molecule has 0 bridgehead atoms. The Morgan fingerprint density at radius 2 is 2.00 bits per heavy atom. The normalized spacial score (nSPS) is 14.5. The highest BCUT2D eigenvalue weighted by Gasteiger charge is 2.23. The molecule has 25 heavy (non-hydrogen) atoms. The molecule has 0 aliphatic carbocycles. The summed E-state index contributed by atoms with van der Waals surface area (Å²) in [6.07, 6.45) is 2.98. The Kier molecular flexibility index (Phi) is 4.92. The summed E-state index contributed by atoms with van der Waals surface area (Å²) in [6.45, 7) is 4.24. The van der Waals surface area contributed by atoms with Crippen LogP contribution < -0.4 is 15.3 Å². The lowest BCUT2D eigenvalue weighted by molar-refractivity contribution is -0.132. The first-order chi connectivity index (χ1) is 12.1. The zero-order valence-electron chi connectivity index (χ0n) is 14.3. The third kappa shape index (κ3) is 3.93. The number of carbonyl (C=O) groups excluding carboxylic acids is 1. The highest BCUT2D eigenvalue weighted by atomic mass is 16.5. The zero-order chi connectivity index (χ0) is 17.8. The van der Waals surface area contributed by atoms with Crippen molar-refractivity contribution in [1.82, 2.24) is 24.4 Å². The Morgan fingerprint density at radius 3 is 2.68 bits per heavy atom. The van der Waals surface area contributed by atoms with Gasteiger partial charge >= 0.3 is 5.69 Å². The lowest BCUT2D eigenvalue weighted by Gasteiger charge is -2.35. The summed E-state index contributed by atoms with van der Waals surface area (Å²) >= 11 is 0. The van der Waals surface area contributed by atoms with Crippen LogP contribution in [0.3, 0.4) is 0 Å². The van der Waals surface area contributed by atoms with E-state index in [1.54, 1.807) is 30.3 Å². The summed E-state index contributed by atoms with van der Waals surface area (Å²) < 4.78 is 6.49.